The fourth-order valence-electron chi connectivity index (χ4n) is 4.40. The first-order valence-electron chi connectivity index (χ1n) is 10.1. The smallest absolute Gasteiger partial charge is 0.341 e. The number of hydrogen-bond acceptors (Lipinski definition) is 2. The van der Waals surface area contributed by atoms with Crippen molar-refractivity contribution in [3.63, 3.8) is 0 Å². The minimum Gasteiger partial charge on any atom is -0.341 e. The molecule has 2 fully saturated rings. The molecule has 1 aliphatic heterocycles. The predicted octanol–water partition coefficient (Wildman–Crippen LogP) is 5.36. The Bertz CT molecular complexity index is 899. The van der Waals surface area contributed by atoms with Gasteiger partial charge in [0.2, 0.25) is 0 Å². The van der Waals surface area contributed by atoms with Gasteiger partial charge in [-0.25, -0.2) is 0 Å². The number of likely N-dealkylation sites (tertiary alicyclic amines) is 1. The average molecular weight is 439 g/mol. The van der Waals surface area contributed by atoms with Gasteiger partial charge in [0, 0.05) is 12.1 Å². The van der Waals surface area contributed by atoms with E-state index in [9.17, 15) is 18.0 Å². The van der Waals surface area contributed by atoms with Crippen LogP contribution in [0.3, 0.4) is 0 Å². The summed E-state index contributed by atoms with van der Waals surface area (Å²) in [6, 6.07) is 13.4. The molecule has 0 spiro atoms. The molecule has 3 nitrogen and oxygen atoms in total. The lowest BCUT2D eigenvalue weighted by atomic mass is 9.82. The van der Waals surface area contributed by atoms with E-state index in [4.69, 9.17) is 0 Å². The fourth-order valence-corrected chi connectivity index (χ4v) is 4.40. The topological polar surface area (TPSA) is 32.3 Å². The van der Waals surface area contributed by atoms with Gasteiger partial charge in [-0.1, -0.05) is 30.3 Å². The van der Waals surface area contributed by atoms with Crippen molar-refractivity contribution in [3.05, 3.63) is 70.8 Å². The van der Waals surface area contributed by atoms with E-state index in [0.29, 0.717) is 17.7 Å². The number of likely N-dealkylation sites (N-methyl/N-ethyl adjacent to an activating group) is 1. The quantitative estimate of drug-likeness (QED) is 0.697. The number of hydrogen-bond donors (Lipinski definition) is 1. The molecule has 1 saturated carbocycles. The molecule has 1 heterocycles. The summed E-state index contributed by atoms with van der Waals surface area (Å²) in [6.45, 7) is 1.63. The van der Waals surface area contributed by atoms with Crippen molar-refractivity contribution >= 4 is 18.3 Å². The Hall–Kier alpha value is -2.05. The average Bonchev–Trinajstić information content (AvgIpc) is 3.53. The van der Waals surface area contributed by atoms with Crippen molar-refractivity contribution in [2.24, 2.45) is 0 Å². The Balaban J connectivity index is 0.00000256. The van der Waals surface area contributed by atoms with Crippen molar-refractivity contribution in [2.75, 3.05) is 20.1 Å². The maximum absolute atomic E-state index is 13.3. The van der Waals surface area contributed by atoms with E-state index in [1.165, 1.54) is 6.07 Å². The highest BCUT2D eigenvalue weighted by molar-refractivity contribution is 5.96. The van der Waals surface area contributed by atoms with E-state index in [2.05, 4.69) is 10.2 Å². The number of carbonyl (C=O) groups excluding carboxylic acids is 1. The predicted molar refractivity (Wildman–Crippen MR) is 113 cm³/mol. The van der Waals surface area contributed by atoms with Gasteiger partial charge in [-0.05, 0) is 74.5 Å². The lowest BCUT2D eigenvalue weighted by molar-refractivity contribution is -0.137. The first-order valence-corrected chi connectivity index (χ1v) is 10.1. The number of amides is 1. The number of benzene rings is 2. The summed E-state index contributed by atoms with van der Waals surface area (Å²) in [5.74, 6) is -0.250. The Morgan fingerprint density at radius 3 is 2.43 bits per heavy atom. The molecular weight excluding hydrogens is 413 g/mol. The molecule has 7 heteroatoms. The van der Waals surface area contributed by atoms with Gasteiger partial charge >= 0.3 is 6.18 Å². The van der Waals surface area contributed by atoms with E-state index in [-0.39, 0.29) is 24.2 Å². The van der Waals surface area contributed by atoms with Gasteiger partial charge < -0.3 is 10.2 Å². The lowest BCUT2D eigenvalue weighted by Crippen LogP contribution is -2.55. The minimum atomic E-state index is -4.41. The Morgan fingerprint density at radius 1 is 1.13 bits per heavy atom. The first kappa shape index (κ1) is 22.6. The molecule has 1 saturated heterocycles. The van der Waals surface area contributed by atoms with E-state index in [0.717, 1.165) is 49.9 Å². The second-order valence-electron chi connectivity index (χ2n) is 8.32. The Labute approximate surface area is 181 Å². The van der Waals surface area contributed by atoms with Crippen LogP contribution in [0.25, 0.3) is 0 Å². The molecule has 2 aromatic rings. The number of nitrogens with zero attached hydrogens (tertiary/aromatic N) is 1. The summed E-state index contributed by atoms with van der Waals surface area (Å²) in [6.07, 6.45) is -1.01. The zero-order valence-corrected chi connectivity index (χ0v) is 17.7. The SMILES string of the molecule is CN1CCC[C@](NC(=O)c2ccc(C(F)(F)F)cc2C2CC2)(c2ccccc2)C1.Cl. The van der Waals surface area contributed by atoms with Crippen molar-refractivity contribution in [1.82, 2.24) is 10.2 Å². The van der Waals surface area contributed by atoms with Crippen LogP contribution >= 0.6 is 12.4 Å². The maximum atomic E-state index is 13.3. The third-order valence-corrected chi connectivity index (χ3v) is 6.00. The summed E-state index contributed by atoms with van der Waals surface area (Å²) in [4.78, 5) is 15.5. The van der Waals surface area contributed by atoms with Crippen LogP contribution < -0.4 is 5.32 Å². The number of piperidine rings is 1. The zero-order chi connectivity index (χ0) is 20.6. The molecule has 1 atom stereocenters. The molecule has 0 unspecified atom stereocenters. The fraction of sp³-hybridized carbons (Fsp3) is 0.435. The molecule has 2 aromatic carbocycles. The molecule has 4 rings (SSSR count). The van der Waals surface area contributed by atoms with Gasteiger partial charge in [-0.3, -0.25) is 4.79 Å². The largest absolute Gasteiger partial charge is 0.416 e. The molecule has 2 aliphatic rings. The van der Waals surface area contributed by atoms with Crippen LogP contribution in [-0.2, 0) is 11.7 Å². The van der Waals surface area contributed by atoms with Crippen LogP contribution in [0.5, 0.6) is 0 Å². The van der Waals surface area contributed by atoms with Crippen LogP contribution in [0.2, 0.25) is 0 Å². The third-order valence-electron chi connectivity index (χ3n) is 6.00. The van der Waals surface area contributed by atoms with Crippen LogP contribution in [0.15, 0.2) is 48.5 Å². The highest BCUT2D eigenvalue weighted by atomic mass is 35.5. The molecule has 0 aromatic heterocycles. The summed E-state index contributed by atoms with van der Waals surface area (Å²) in [5, 5.41) is 3.21. The zero-order valence-electron chi connectivity index (χ0n) is 16.8. The number of halogens is 4. The maximum Gasteiger partial charge on any atom is 0.416 e. The first-order chi connectivity index (χ1) is 13.8. The number of carbonyl (C=O) groups is 1. The molecule has 0 bridgehead atoms. The van der Waals surface area contributed by atoms with Crippen LogP contribution in [0, 0.1) is 0 Å². The summed E-state index contributed by atoms with van der Waals surface area (Å²) < 4.78 is 39.5. The molecule has 162 valence electrons. The third kappa shape index (κ3) is 4.65. The van der Waals surface area contributed by atoms with E-state index >= 15 is 0 Å². The van der Waals surface area contributed by atoms with Gasteiger partial charge in [0.05, 0.1) is 11.1 Å². The second kappa shape index (κ2) is 8.60. The van der Waals surface area contributed by atoms with Gasteiger partial charge in [0.15, 0.2) is 0 Å². The molecule has 1 N–H and O–H groups in total. The van der Waals surface area contributed by atoms with E-state index < -0.39 is 17.3 Å². The summed E-state index contributed by atoms with van der Waals surface area (Å²) in [5.41, 5.74) is 0.675. The number of nitrogens with one attached hydrogen (secondary N) is 1. The summed E-state index contributed by atoms with van der Waals surface area (Å²) >= 11 is 0. The van der Waals surface area contributed by atoms with Gasteiger partial charge in [-0.2, -0.15) is 13.2 Å². The van der Waals surface area contributed by atoms with Gasteiger partial charge in [0.25, 0.3) is 5.91 Å². The van der Waals surface area contributed by atoms with Crippen molar-refractivity contribution in [3.8, 4) is 0 Å². The lowest BCUT2D eigenvalue weighted by Gasteiger charge is -2.42. The van der Waals surface area contributed by atoms with Gasteiger partial charge in [0.1, 0.15) is 0 Å². The molecule has 1 amide bonds. The van der Waals surface area contributed by atoms with Gasteiger partial charge in [-0.15, -0.1) is 12.4 Å². The number of alkyl halides is 3. The van der Waals surface area contributed by atoms with E-state index in [1.54, 1.807) is 0 Å². The Morgan fingerprint density at radius 2 is 1.83 bits per heavy atom. The van der Waals surface area contributed by atoms with Crippen molar-refractivity contribution in [2.45, 2.75) is 43.3 Å². The van der Waals surface area contributed by atoms with Crippen LogP contribution in [0.1, 0.15) is 58.6 Å². The highest BCUT2D eigenvalue weighted by Gasteiger charge is 2.39. The normalized spacial score (nSPS) is 22.3. The van der Waals surface area contributed by atoms with Crippen LogP contribution in [-0.4, -0.2) is 30.9 Å². The van der Waals surface area contributed by atoms with Crippen molar-refractivity contribution in [1.29, 1.82) is 0 Å². The minimum absolute atomic E-state index is 0. The van der Waals surface area contributed by atoms with E-state index in [1.807, 2.05) is 37.4 Å². The van der Waals surface area contributed by atoms with Crippen molar-refractivity contribution < 1.29 is 18.0 Å². The van der Waals surface area contributed by atoms with Crippen LogP contribution in [0.4, 0.5) is 13.2 Å². The molecule has 1 aliphatic carbocycles. The second-order valence-corrected chi connectivity index (χ2v) is 8.32. The molecule has 0 radical (unpaired) electrons. The summed E-state index contributed by atoms with van der Waals surface area (Å²) in [7, 11) is 2.02. The number of rotatable bonds is 4. The monoisotopic (exact) mass is 438 g/mol. The highest BCUT2D eigenvalue weighted by Crippen LogP contribution is 2.44. The standard InChI is InChI=1S/C23H25F3N2O.ClH/c1-28-13-5-12-22(15-28,17-6-3-2-4-7-17)27-21(29)19-11-10-18(23(24,25)26)14-20(19)16-8-9-16;/h2-4,6-7,10-11,14,16H,5,8-9,12-13,15H2,1H3,(H,27,29);1H/t22-;/m1./s1. The molecular formula is C23H26ClF3N2O. The molecule has 30 heavy (non-hydrogen) atoms. The Kier molecular flexibility index (Phi) is 6.48.